The third kappa shape index (κ3) is 9.94. The predicted octanol–water partition coefficient (Wildman–Crippen LogP) is 12.4. The average Bonchev–Trinajstić information content (AvgIpc) is 3.79. The van der Waals surface area contributed by atoms with Crippen LogP contribution in [0.2, 0.25) is 0 Å². The van der Waals surface area contributed by atoms with Gasteiger partial charge in [0.1, 0.15) is 10.3 Å². The fourth-order valence-electron chi connectivity index (χ4n) is 16.3. The summed E-state index contributed by atoms with van der Waals surface area (Å²) in [6.07, 6.45) is 24.5. The van der Waals surface area contributed by atoms with Gasteiger partial charge in [-0.2, -0.15) is 0 Å². The first-order valence-electron chi connectivity index (χ1n) is 24.3. The van der Waals surface area contributed by atoms with Gasteiger partial charge in [-0.1, -0.05) is 40.8 Å². The molecule has 2 N–H and O–H groups in total. The number of aromatic nitrogens is 2. The van der Waals surface area contributed by atoms with Gasteiger partial charge in [0.2, 0.25) is 5.91 Å². The number of hydrogen-bond acceptors (Lipinski definition) is 7. The molecule has 8 saturated carbocycles. The Bertz CT molecular complexity index is 1830. The van der Waals surface area contributed by atoms with E-state index in [0.717, 1.165) is 90.5 Å². The lowest BCUT2D eigenvalue weighted by Crippen LogP contribution is -2.51. The third-order valence-electron chi connectivity index (χ3n) is 19.2. The molecule has 0 bridgehead atoms. The Hall–Kier alpha value is -2.20. The minimum atomic E-state index is -0.440. The van der Waals surface area contributed by atoms with E-state index in [9.17, 15) is 19.8 Å². The lowest BCUT2D eigenvalue weighted by Gasteiger charge is -2.56. The molecule has 8 nitrogen and oxygen atoms in total. The Balaban J connectivity index is 0.000000177. The van der Waals surface area contributed by atoms with E-state index in [0.29, 0.717) is 17.5 Å². The number of pyridine rings is 2. The van der Waals surface area contributed by atoms with Crippen LogP contribution in [0.5, 0.6) is 0 Å². The molecule has 352 valence electrons. The Kier molecular flexibility index (Phi) is 15.9. The number of carbonyl (C=O) groups excluding carboxylic acids is 2. The minimum Gasteiger partial charge on any atom is -0.390 e. The molecule has 63 heavy (non-hydrogen) atoms. The van der Waals surface area contributed by atoms with Crippen molar-refractivity contribution in [3.05, 3.63) is 59.1 Å². The van der Waals surface area contributed by atoms with Crippen molar-refractivity contribution < 1.29 is 24.6 Å². The summed E-state index contributed by atoms with van der Waals surface area (Å²) in [7, 11) is 3.34. The number of Topliss-reactive ketones (excluding diaryl/α,β-unsaturated/α-hetero) is 1. The molecule has 10 rings (SSSR count). The predicted molar refractivity (Wildman–Crippen MR) is 256 cm³/mol. The average molecular weight is 935 g/mol. The van der Waals surface area contributed by atoms with Crippen molar-refractivity contribution in [3.8, 4) is 0 Å². The van der Waals surface area contributed by atoms with Crippen molar-refractivity contribution in [1.29, 1.82) is 0 Å². The molecule has 2 aromatic rings. The van der Waals surface area contributed by atoms with Crippen molar-refractivity contribution in [2.45, 2.75) is 169 Å². The Labute approximate surface area is 390 Å². The second-order valence-corrected chi connectivity index (χ2v) is 23.3. The highest BCUT2D eigenvalue weighted by Crippen LogP contribution is 2.66. The number of ketones is 1. The molecule has 0 spiro atoms. The molecule has 0 aliphatic heterocycles. The van der Waals surface area contributed by atoms with Crippen molar-refractivity contribution in [3.63, 3.8) is 0 Å². The molecular weight excluding hydrogens is 851 g/mol. The fourth-order valence-corrected chi connectivity index (χ4v) is 16.6. The molecular formula is C54H84BrN3O5. The molecule has 9 heteroatoms. The Morgan fingerprint density at radius 3 is 1.54 bits per heavy atom. The van der Waals surface area contributed by atoms with Crippen molar-refractivity contribution in [2.24, 2.45) is 81.8 Å². The number of fused-ring (bicyclic) bond motifs is 10. The maximum absolute atomic E-state index is 13.3. The largest absolute Gasteiger partial charge is 0.390 e. The first-order valence-corrected chi connectivity index (χ1v) is 25.1. The summed E-state index contributed by atoms with van der Waals surface area (Å²) in [5.74, 6) is 8.47. The number of rotatable bonds is 4. The second kappa shape index (κ2) is 20.0. The summed E-state index contributed by atoms with van der Waals surface area (Å²) < 4.78 is 0.884. The molecule has 0 aromatic carbocycles. The molecule has 2 heterocycles. The van der Waals surface area contributed by atoms with Gasteiger partial charge in [0, 0.05) is 31.3 Å². The summed E-state index contributed by atoms with van der Waals surface area (Å²) in [6.45, 7) is 8.89. The first kappa shape index (κ1) is 50.2. The van der Waals surface area contributed by atoms with Gasteiger partial charge in [-0.15, -0.1) is 0 Å². The van der Waals surface area contributed by atoms with E-state index in [2.05, 4.69) is 39.7 Å². The van der Waals surface area contributed by atoms with Crippen LogP contribution in [0.25, 0.3) is 0 Å². The van der Waals surface area contributed by atoms with Crippen LogP contribution in [-0.2, 0) is 9.63 Å². The van der Waals surface area contributed by atoms with Gasteiger partial charge in [-0.05, 0) is 240 Å². The summed E-state index contributed by atoms with van der Waals surface area (Å²) in [6, 6.07) is 11.4. The molecule has 16 atom stereocenters. The van der Waals surface area contributed by atoms with Crippen LogP contribution in [-0.4, -0.2) is 62.3 Å². The molecule has 8 aliphatic carbocycles. The minimum absolute atomic E-state index is 0. The maximum Gasteiger partial charge on any atom is 0.249 e. The summed E-state index contributed by atoms with van der Waals surface area (Å²) in [5, 5.41) is 22.5. The molecule has 0 unspecified atom stereocenters. The van der Waals surface area contributed by atoms with Gasteiger partial charge >= 0.3 is 0 Å². The quantitative estimate of drug-likeness (QED) is 0.178. The molecule has 8 fully saturated rings. The fraction of sp³-hybridized carbons (Fsp3) is 0.778. The van der Waals surface area contributed by atoms with Crippen molar-refractivity contribution in [2.75, 3.05) is 14.2 Å². The van der Waals surface area contributed by atoms with Crippen LogP contribution in [0.1, 0.15) is 169 Å². The third-order valence-corrected chi connectivity index (χ3v) is 19.7. The van der Waals surface area contributed by atoms with E-state index in [1.807, 2.05) is 50.2 Å². The Morgan fingerprint density at radius 1 is 0.619 bits per heavy atom. The highest BCUT2D eigenvalue weighted by atomic mass is 79.9. The van der Waals surface area contributed by atoms with Gasteiger partial charge in [0.05, 0.1) is 18.3 Å². The SMILES string of the molecule is Brc1ccccn1.C.C.CON(C)C(=O)[C@H]1CC[C@H]2[C@@H]3CC[C@@H]4C[C@](C)(O)CC[C@@H]4[C@H]3CC[C@]12C.C[C@@]1(O)CC[C@H]2[C@H](CC[C@@H]3[C@@H]2CC[C@]2(C)[C@@H](C(=O)c4ccccn4)CC[C@@H]32)C1. The van der Waals surface area contributed by atoms with Crippen LogP contribution in [0, 0.1) is 81.8 Å². The number of amides is 1. The van der Waals surface area contributed by atoms with Gasteiger partial charge in [-0.25, -0.2) is 10.0 Å². The standard InChI is InChI=1S/C25H35NO2.C22H37NO3.C5H4BrN.2CH4/c1-24(28)12-10-17-16(15-24)6-7-19-18(17)11-13-25(2)20(19)8-9-21(25)23(27)22-5-3-4-14-26-22;1-21(25)11-9-15-14(13-21)5-6-17-16(15)10-12-22(2)18(17)7-8-19(22)20(24)23(3)26-4;6-5-3-1-2-4-7-5;;/h3-5,14,16-21,28H,6-13,15H2,1-2H3;14-19,25H,5-13H2,1-4H3;1-4H;2*1H4/t16-,17+,18-,19-,20+,21-,24-,25+;14-,15+,16-,17-,18+,19-,21-,22+;;;/m11.../s1. The normalized spacial score (nSPS) is 43.0. The lowest BCUT2D eigenvalue weighted by atomic mass is 9.49. The van der Waals surface area contributed by atoms with Gasteiger partial charge in [0.15, 0.2) is 5.78 Å². The monoisotopic (exact) mass is 934 g/mol. The topological polar surface area (TPSA) is 113 Å². The zero-order chi connectivity index (χ0) is 43.3. The number of nitrogens with zero attached hydrogens (tertiary/aromatic N) is 3. The zero-order valence-corrected chi connectivity index (χ0v) is 39.7. The number of hydroxylamine groups is 2. The zero-order valence-electron chi connectivity index (χ0n) is 38.1. The second-order valence-electron chi connectivity index (χ2n) is 22.4. The van der Waals surface area contributed by atoms with Gasteiger partial charge in [0.25, 0.3) is 0 Å². The van der Waals surface area contributed by atoms with E-state index < -0.39 is 11.2 Å². The van der Waals surface area contributed by atoms with Gasteiger partial charge in [-0.3, -0.25) is 19.4 Å². The molecule has 8 aliphatic rings. The Morgan fingerprint density at radius 2 is 1.10 bits per heavy atom. The van der Waals surface area contributed by atoms with E-state index in [1.54, 1.807) is 26.6 Å². The lowest BCUT2D eigenvalue weighted by molar-refractivity contribution is -0.180. The number of aliphatic hydroxyl groups is 2. The van der Waals surface area contributed by atoms with Crippen molar-refractivity contribution >= 4 is 27.6 Å². The molecule has 2 aromatic heterocycles. The smallest absolute Gasteiger partial charge is 0.249 e. The van der Waals surface area contributed by atoms with E-state index >= 15 is 0 Å². The first-order chi connectivity index (χ1) is 29.0. The summed E-state index contributed by atoms with van der Waals surface area (Å²) in [5.41, 5.74) is 0.0907. The van der Waals surface area contributed by atoms with E-state index in [-0.39, 0.29) is 49.2 Å². The highest BCUT2D eigenvalue weighted by Gasteiger charge is 2.61. The van der Waals surface area contributed by atoms with Gasteiger partial charge < -0.3 is 10.2 Å². The van der Waals surface area contributed by atoms with E-state index in [1.165, 1.54) is 82.1 Å². The van der Waals surface area contributed by atoms with E-state index in [4.69, 9.17) is 4.84 Å². The molecule has 1 amide bonds. The number of hydrogen-bond donors (Lipinski definition) is 2. The summed E-state index contributed by atoms with van der Waals surface area (Å²) >= 11 is 3.20. The van der Waals surface area contributed by atoms with Crippen LogP contribution in [0.4, 0.5) is 0 Å². The number of halogens is 1. The highest BCUT2D eigenvalue weighted by molar-refractivity contribution is 9.10. The van der Waals surface area contributed by atoms with Crippen LogP contribution in [0.3, 0.4) is 0 Å². The molecule has 0 saturated heterocycles. The van der Waals surface area contributed by atoms with Crippen LogP contribution < -0.4 is 0 Å². The number of carbonyl (C=O) groups is 2. The van der Waals surface area contributed by atoms with Crippen LogP contribution >= 0.6 is 15.9 Å². The van der Waals surface area contributed by atoms with Crippen LogP contribution in [0.15, 0.2) is 53.4 Å². The molecule has 0 radical (unpaired) electrons. The summed E-state index contributed by atoms with van der Waals surface area (Å²) in [4.78, 5) is 39.6. The maximum atomic E-state index is 13.3. The van der Waals surface area contributed by atoms with Crippen molar-refractivity contribution in [1.82, 2.24) is 15.0 Å².